The monoisotopic (exact) mass is 452 g/mol. The van der Waals surface area contributed by atoms with Crippen LogP contribution in [0.15, 0.2) is 42.5 Å². The second-order valence-corrected chi connectivity index (χ2v) is 9.81. The summed E-state index contributed by atoms with van der Waals surface area (Å²) in [6.07, 6.45) is 1.46. The van der Waals surface area contributed by atoms with E-state index in [-0.39, 0.29) is 17.4 Å². The summed E-state index contributed by atoms with van der Waals surface area (Å²) < 4.78 is 5.52. The van der Waals surface area contributed by atoms with Crippen LogP contribution in [0, 0.1) is 12.3 Å². The maximum absolute atomic E-state index is 12.5. The zero-order chi connectivity index (χ0) is 23.8. The van der Waals surface area contributed by atoms with Gasteiger partial charge in [-0.15, -0.1) is 0 Å². The van der Waals surface area contributed by atoms with Crippen molar-refractivity contribution < 1.29 is 14.3 Å². The van der Waals surface area contributed by atoms with Crippen LogP contribution >= 0.6 is 0 Å². The molecule has 0 radical (unpaired) electrons. The van der Waals surface area contributed by atoms with Gasteiger partial charge < -0.3 is 15.0 Å². The summed E-state index contributed by atoms with van der Waals surface area (Å²) in [4.78, 5) is 33.4. The first kappa shape index (κ1) is 24.7. The lowest BCUT2D eigenvalue weighted by Crippen LogP contribution is -2.49. The van der Waals surface area contributed by atoms with Gasteiger partial charge in [-0.05, 0) is 55.2 Å². The van der Waals surface area contributed by atoms with Crippen LogP contribution in [0.4, 0.5) is 4.79 Å². The third-order valence-corrected chi connectivity index (χ3v) is 5.74. The van der Waals surface area contributed by atoms with E-state index in [1.807, 2.05) is 19.1 Å². The number of pyridine rings is 1. The first-order chi connectivity index (χ1) is 15.7. The van der Waals surface area contributed by atoms with Crippen LogP contribution in [0.25, 0.3) is 0 Å². The average molecular weight is 453 g/mol. The Morgan fingerprint density at radius 3 is 2.36 bits per heavy atom. The smallest absolute Gasteiger partial charge is 0.410 e. The molecule has 7 nitrogen and oxygen atoms in total. The summed E-state index contributed by atoms with van der Waals surface area (Å²) in [6, 6.07) is 12.8. The lowest BCUT2D eigenvalue weighted by atomic mass is 9.92. The van der Waals surface area contributed by atoms with Gasteiger partial charge in [-0.2, -0.15) is 0 Å². The molecule has 2 heterocycles. The summed E-state index contributed by atoms with van der Waals surface area (Å²) >= 11 is 0. The summed E-state index contributed by atoms with van der Waals surface area (Å²) in [5.74, 6) is 0.327. The third-order valence-electron chi connectivity index (χ3n) is 5.74. The molecule has 0 atom stereocenters. The van der Waals surface area contributed by atoms with Crippen LogP contribution in [-0.2, 0) is 6.42 Å². The molecule has 0 aliphatic carbocycles. The normalized spacial score (nSPS) is 14.7. The summed E-state index contributed by atoms with van der Waals surface area (Å²) in [6.45, 7) is 12.9. The Balaban J connectivity index is 1.40. The summed E-state index contributed by atoms with van der Waals surface area (Å²) in [5.41, 5.74) is 2.87. The fourth-order valence-corrected chi connectivity index (χ4v) is 3.66. The number of amides is 2. The van der Waals surface area contributed by atoms with E-state index in [1.54, 1.807) is 29.2 Å². The molecule has 3 rings (SSSR count). The van der Waals surface area contributed by atoms with E-state index in [0.717, 1.165) is 43.9 Å². The van der Waals surface area contributed by atoms with Gasteiger partial charge >= 0.3 is 6.09 Å². The standard InChI is InChI=1S/C26H36N4O3/c1-20-6-5-7-22(28-20)12-15-29-16-18-30(19-17-29)25(32)33-23-10-8-21(9-11-23)24(31)27-14-13-26(2,3)4/h5-11H,12-19H2,1-4H3,(H,27,31). The van der Waals surface area contributed by atoms with Crippen molar-refractivity contribution in [2.45, 2.75) is 40.5 Å². The van der Waals surface area contributed by atoms with Crippen molar-refractivity contribution >= 4 is 12.0 Å². The molecule has 33 heavy (non-hydrogen) atoms. The largest absolute Gasteiger partial charge is 0.415 e. The molecule has 1 fully saturated rings. The minimum absolute atomic E-state index is 0.117. The topological polar surface area (TPSA) is 74.8 Å². The van der Waals surface area contributed by atoms with Crippen molar-refractivity contribution in [2.24, 2.45) is 5.41 Å². The number of carbonyl (C=O) groups is 2. The van der Waals surface area contributed by atoms with Gasteiger partial charge in [0.1, 0.15) is 5.75 Å². The van der Waals surface area contributed by atoms with Gasteiger partial charge in [0, 0.05) is 62.6 Å². The van der Waals surface area contributed by atoms with E-state index in [0.29, 0.717) is 30.9 Å². The summed E-state index contributed by atoms with van der Waals surface area (Å²) in [5, 5.41) is 2.93. The Bertz CT molecular complexity index is 929. The fraction of sp³-hybridized carbons (Fsp3) is 0.500. The molecule has 2 amide bonds. The maximum atomic E-state index is 12.5. The molecule has 2 aromatic rings. The fourth-order valence-electron chi connectivity index (χ4n) is 3.66. The van der Waals surface area contributed by atoms with Crippen LogP contribution in [-0.4, -0.2) is 66.1 Å². The molecule has 1 N–H and O–H groups in total. The van der Waals surface area contributed by atoms with E-state index >= 15 is 0 Å². The van der Waals surface area contributed by atoms with Gasteiger partial charge in [-0.1, -0.05) is 26.8 Å². The molecule has 0 saturated carbocycles. The number of nitrogens with one attached hydrogen (secondary N) is 1. The first-order valence-electron chi connectivity index (χ1n) is 11.7. The van der Waals surface area contributed by atoms with Crippen molar-refractivity contribution in [3.05, 3.63) is 59.4 Å². The zero-order valence-electron chi connectivity index (χ0n) is 20.3. The molecule has 178 valence electrons. The van der Waals surface area contributed by atoms with E-state index in [9.17, 15) is 9.59 Å². The Kier molecular flexibility index (Phi) is 8.44. The number of ether oxygens (including phenoxy) is 1. The van der Waals surface area contributed by atoms with E-state index in [2.05, 4.69) is 42.0 Å². The average Bonchev–Trinajstić information content (AvgIpc) is 2.77. The van der Waals surface area contributed by atoms with Crippen molar-refractivity contribution in [1.82, 2.24) is 20.1 Å². The van der Waals surface area contributed by atoms with Crippen molar-refractivity contribution in [3.8, 4) is 5.75 Å². The van der Waals surface area contributed by atoms with Crippen molar-refractivity contribution in [2.75, 3.05) is 39.3 Å². The highest BCUT2D eigenvalue weighted by atomic mass is 16.6. The maximum Gasteiger partial charge on any atom is 0.415 e. The number of aromatic nitrogens is 1. The third kappa shape index (κ3) is 8.17. The molecule has 1 aromatic carbocycles. The van der Waals surface area contributed by atoms with E-state index < -0.39 is 0 Å². The van der Waals surface area contributed by atoms with Gasteiger partial charge in [0.25, 0.3) is 5.91 Å². The van der Waals surface area contributed by atoms with Crippen LogP contribution in [0.3, 0.4) is 0 Å². The number of aryl methyl sites for hydroxylation is 1. The predicted octanol–water partition coefficient (Wildman–Crippen LogP) is 3.92. The molecule has 1 saturated heterocycles. The van der Waals surface area contributed by atoms with Crippen LogP contribution in [0.1, 0.15) is 48.9 Å². The highest BCUT2D eigenvalue weighted by molar-refractivity contribution is 5.94. The molecular weight excluding hydrogens is 416 g/mol. The minimum Gasteiger partial charge on any atom is -0.410 e. The first-order valence-corrected chi connectivity index (χ1v) is 11.7. The zero-order valence-corrected chi connectivity index (χ0v) is 20.3. The van der Waals surface area contributed by atoms with Crippen LogP contribution in [0.2, 0.25) is 0 Å². The number of nitrogens with zero attached hydrogens (tertiary/aromatic N) is 3. The molecular formula is C26H36N4O3. The van der Waals surface area contributed by atoms with Crippen LogP contribution in [0.5, 0.6) is 5.75 Å². The Morgan fingerprint density at radius 2 is 1.73 bits per heavy atom. The SMILES string of the molecule is Cc1cccc(CCN2CCN(C(=O)Oc3ccc(C(=O)NCCC(C)(C)C)cc3)CC2)n1. The molecule has 0 unspecified atom stereocenters. The Morgan fingerprint density at radius 1 is 1.03 bits per heavy atom. The summed E-state index contributed by atoms with van der Waals surface area (Å²) in [7, 11) is 0. The number of benzene rings is 1. The van der Waals surface area contributed by atoms with Gasteiger partial charge in [-0.3, -0.25) is 14.7 Å². The number of rotatable bonds is 7. The molecule has 1 aliphatic rings. The second-order valence-electron chi connectivity index (χ2n) is 9.81. The second kappa shape index (κ2) is 11.3. The molecule has 0 bridgehead atoms. The van der Waals surface area contributed by atoms with Gasteiger partial charge in [0.05, 0.1) is 0 Å². The molecule has 1 aliphatic heterocycles. The lowest BCUT2D eigenvalue weighted by molar-refractivity contribution is 0.0949. The quantitative estimate of drug-likeness (QED) is 0.689. The Hall–Kier alpha value is -2.93. The minimum atomic E-state index is -0.350. The molecule has 1 aromatic heterocycles. The number of hydrogen-bond acceptors (Lipinski definition) is 5. The number of piperazine rings is 1. The van der Waals surface area contributed by atoms with Crippen molar-refractivity contribution in [1.29, 1.82) is 0 Å². The van der Waals surface area contributed by atoms with Crippen molar-refractivity contribution in [3.63, 3.8) is 0 Å². The highest BCUT2D eigenvalue weighted by Gasteiger charge is 2.22. The molecule has 7 heteroatoms. The predicted molar refractivity (Wildman–Crippen MR) is 130 cm³/mol. The van der Waals surface area contributed by atoms with Gasteiger partial charge in [0.2, 0.25) is 0 Å². The van der Waals surface area contributed by atoms with Gasteiger partial charge in [0.15, 0.2) is 0 Å². The highest BCUT2D eigenvalue weighted by Crippen LogP contribution is 2.18. The van der Waals surface area contributed by atoms with Gasteiger partial charge in [-0.25, -0.2) is 4.79 Å². The number of hydrogen-bond donors (Lipinski definition) is 1. The van der Waals surface area contributed by atoms with Crippen LogP contribution < -0.4 is 10.1 Å². The lowest BCUT2D eigenvalue weighted by Gasteiger charge is -2.33. The Labute approximate surface area is 197 Å². The van der Waals surface area contributed by atoms with E-state index in [1.165, 1.54) is 0 Å². The van der Waals surface area contributed by atoms with E-state index in [4.69, 9.17) is 4.74 Å². The number of carbonyl (C=O) groups excluding carboxylic acids is 2. The molecule has 0 spiro atoms.